The average Bonchev–Trinajstić information content (AvgIpc) is 2.48. The van der Waals surface area contributed by atoms with Gasteiger partial charge in [-0.3, -0.25) is 0 Å². The molecule has 1 aliphatic heterocycles. The fraction of sp³-hybridized carbons (Fsp3) is 0.286. The summed E-state index contributed by atoms with van der Waals surface area (Å²) in [5, 5.41) is 0. The third-order valence-corrected chi connectivity index (χ3v) is 3.54. The fourth-order valence-corrected chi connectivity index (χ4v) is 2.43. The van der Waals surface area contributed by atoms with Crippen LogP contribution < -0.4 is 4.90 Å². The van der Waals surface area contributed by atoms with Crippen LogP contribution in [0.5, 0.6) is 0 Å². The number of morpholine rings is 1. The number of aromatic nitrogens is 2. The van der Waals surface area contributed by atoms with Crippen molar-refractivity contribution in [1.82, 2.24) is 9.97 Å². The summed E-state index contributed by atoms with van der Waals surface area (Å²) in [6, 6.07) is 9.98. The van der Waals surface area contributed by atoms with Gasteiger partial charge in [0.2, 0.25) is 0 Å². The van der Waals surface area contributed by atoms with Gasteiger partial charge in [0.05, 0.1) is 18.9 Å². The van der Waals surface area contributed by atoms with E-state index in [9.17, 15) is 0 Å². The molecular weight excluding hydrogens is 306 g/mol. The maximum Gasteiger partial charge on any atom is 0.128 e. The molecule has 0 atom stereocenters. The Morgan fingerprint density at radius 3 is 2.63 bits per heavy atom. The molecule has 0 unspecified atom stereocenters. The van der Waals surface area contributed by atoms with Crippen LogP contribution in [-0.2, 0) is 4.74 Å². The van der Waals surface area contributed by atoms with Gasteiger partial charge in [-0.25, -0.2) is 9.97 Å². The van der Waals surface area contributed by atoms with Gasteiger partial charge < -0.3 is 9.64 Å². The third kappa shape index (κ3) is 2.93. The Balaban J connectivity index is 1.82. The minimum atomic E-state index is 0.774. The van der Waals surface area contributed by atoms with Crippen LogP contribution in [0, 0.1) is 0 Å². The first-order valence-corrected chi connectivity index (χ1v) is 7.04. The van der Waals surface area contributed by atoms with Gasteiger partial charge in [-0.05, 0) is 40.2 Å². The Kier molecular flexibility index (Phi) is 3.75. The van der Waals surface area contributed by atoms with Crippen LogP contribution in [0.1, 0.15) is 0 Å². The summed E-state index contributed by atoms with van der Waals surface area (Å²) in [5.74, 6) is 1.00. The zero-order valence-electron chi connectivity index (χ0n) is 10.4. The van der Waals surface area contributed by atoms with Crippen molar-refractivity contribution in [3.63, 3.8) is 0 Å². The predicted molar refractivity (Wildman–Crippen MR) is 78.2 cm³/mol. The minimum absolute atomic E-state index is 0.774. The number of pyridine rings is 2. The second-order valence-corrected chi connectivity index (χ2v) is 5.16. The van der Waals surface area contributed by atoms with Crippen LogP contribution in [0.3, 0.4) is 0 Å². The zero-order valence-corrected chi connectivity index (χ0v) is 12.0. The van der Waals surface area contributed by atoms with Crippen molar-refractivity contribution >= 4 is 21.7 Å². The molecular formula is C14H14BrN3O. The Labute approximate surface area is 120 Å². The first kappa shape index (κ1) is 12.6. The second kappa shape index (κ2) is 5.67. The van der Waals surface area contributed by atoms with Gasteiger partial charge in [0.25, 0.3) is 0 Å². The zero-order chi connectivity index (χ0) is 13.1. The minimum Gasteiger partial charge on any atom is -0.378 e. The lowest BCUT2D eigenvalue weighted by molar-refractivity contribution is 0.122. The van der Waals surface area contributed by atoms with Crippen LogP contribution in [0.4, 0.5) is 5.82 Å². The first-order valence-electron chi connectivity index (χ1n) is 6.24. The maximum atomic E-state index is 5.34. The van der Waals surface area contributed by atoms with Crippen molar-refractivity contribution in [3.05, 3.63) is 41.1 Å². The van der Waals surface area contributed by atoms with Crippen molar-refractivity contribution in [3.8, 4) is 11.3 Å². The SMILES string of the molecule is Brc1cccc(-c2ccc(N3CCOCC3)nc2)n1. The molecule has 1 fully saturated rings. The summed E-state index contributed by atoms with van der Waals surface area (Å²) >= 11 is 3.38. The molecule has 1 aliphatic rings. The van der Waals surface area contributed by atoms with Gasteiger partial charge >= 0.3 is 0 Å². The Bertz CT molecular complexity index is 553. The van der Waals surface area contributed by atoms with Crippen LogP contribution in [0.25, 0.3) is 11.3 Å². The molecule has 0 bridgehead atoms. The number of ether oxygens (including phenoxy) is 1. The Hall–Kier alpha value is -1.46. The molecule has 0 N–H and O–H groups in total. The second-order valence-electron chi connectivity index (χ2n) is 4.35. The predicted octanol–water partition coefficient (Wildman–Crippen LogP) is 2.74. The molecule has 0 saturated carbocycles. The molecule has 0 aromatic carbocycles. The number of rotatable bonds is 2. The van der Waals surface area contributed by atoms with E-state index in [1.54, 1.807) is 0 Å². The highest BCUT2D eigenvalue weighted by atomic mass is 79.9. The highest BCUT2D eigenvalue weighted by Crippen LogP contribution is 2.21. The van der Waals surface area contributed by atoms with E-state index < -0.39 is 0 Å². The maximum absolute atomic E-state index is 5.34. The number of nitrogens with zero attached hydrogens (tertiary/aromatic N) is 3. The summed E-state index contributed by atoms with van der Waals surface area (Å²) in [7, 11) is 0. The van der Waals surface area contributed by atoms with E-state index >= 15 is 0 Å². The van der Waals surface area contributed by atoms with Crippen LogP contribution in [0.15, 0.2) is 41.1 Å². The van der Waals surface area contributed by atoms with Crippen molar-refractivity contribution in [2.45, 2.75) is 0 Å². The molecule has 2 aromatic heterocycles. The van der Waals surface area contributed by atoms with Crippen molar-refractivity contribution in [2.24, 2.45) is 0 Å². The van der Waals surface area contributed by atoms with Gasteiger partial charge in [-0.2, -0.15) is 0 Å². The van der Waals surface area contributed by atoms with Crippen molar-refractivity contribution < 1.29 is 4.74 Å². The molecule has 4 nitrogen and oxygen atoms in total. The molecule has 98 valence electrons. The molecule has 0 amide bonds. The lowest BCUT2D eigenvalue weighted by Gasteiger charge is -2.27. The lowest BCUT2D eigenvalue weighted by Crippen LogP contribution is -2.36. The average molecular weight is 320 g/mol. The molecule has 2 aromatic rings. The van der Waals surface area contributed by atoms with E-state index in [1.165, 1.54) is 0 Å². The first-order chi connectivity index (χ1) is 9.33. The van der Waals surface area contributed by atoms with E-state index in [0.717, 1.165) is 48.0 Å². The Morgan fingerprint density at radius 1 is 1.11 bits per heavy atom. The van der Waals surface area contributed by atoms with Gasteiger partial charge in [-0.15, -0.1) is 0 Å². The standard InChI is InChI=1S/C14H14BrN3O/c15-13-3-1-2-12(17-13)11-4-5-14(16-10-11)18-6-8-19-9-7-18/h1-5,10H,6-9H2. The van der Waals surface area contributed by atoms with E-state index in [-0.39, 0.29) is 0 Å². The van der Waals surface area contributed by atoms with Gasteiger partial charge in [-0.1, -0.05) is 6.07 Å². The van der Waals surface area contributed by atoms with E-state index in [1.807, 2.05) is 30.5 Å². The van der Waals surface area contributed by atoms with E-state index in [2.05, 4.69) is 36.9 Å². The molecule has 3 heterocycles. The van der Waals surface area contributed by atoms with Crippen LogP contribution in [0.2, 0.25) is 0 Å². The van der Waals surface area contributed by atoms with Gasteiger partial charge in [0, 0.05) is 24.8 Å². The van der Waals surface area contributed by atoms with Crippen molar-refractivity contribution in [1.29, 1.82) is 0 Å². The molecule has 1 saturated heterocycles. The number of hydrogen-bond donors (Lipinski definition) is 0. The summed E-state index contributed by atoms with van der Waals surface area (Å²) in [6.07, 6.45) is 1.87. The largest absolute Gasteiger partial charge is 0.378 e. The number of halogens is 1. The van der Waals surface area contributed by atoms with Crippen LogP contribution in [-0.4, -0.2) is 36.3 Å². The van der Waals surface area contributed by atoms with Gasteiger partial charge in [0.1, 0.15) is 10.4 Å². The lowest BCUT2D eigenvalue weighted by atomic mass is 10.2. The quantitative estimate of drug-likeness (QED) is 0.798. The highest BCUT2D eigenvalue weighted by Gasteiger charge is 2.12. The molecule has 0 spiro atoms. The van der Waals surface area contributed by atoms with E-state index in [0.29, 0.717) is 0 Å². The third-order valence-electron chi connectivity index (χ3n) is 3.09. The number of anilines is 1. The Morgan fingerprint density at radius 2 is 1.95 bits per heavy atom. The summed E-state index contributed by atoms with van der Waals surface area (Å²) < 4.78 is 6.18. The highest BCUT2D eigenvalue weighted by molar-refractivity contribution is 9.10. The molecule has 3 rings (SSSR count). The van der Waals surface area contributed by atoms with Crippen molar-refractivity contribution in [2.75, 3.05) is 31.2 Å². The monoisotopic (exact) mass is 319 g/mol. The normalized spacial score (nSPS) is 15.5. The summed E-state index contributed by atoms with van der Waals surface area (Å²) in [4.78, 5) is 11.2. The van der Waals surface area contributed by atoms with Gasteiger partial charge in [0.15, 0.2) is 0 Å². The molecule has 5 heteroatoms. The topological polar surface area (TPSA) is 38.2 Å². The molecule has 0 aliphatic carbocycles. The smallest absolute Gasteiger partial charge is 0.128 e. The van der Waals surface area contributed by atoms with Crippen LogP contribution >= 0.6 is 15.9 Å². The fourth-order valence-electron chi connectivity index (χ4n) is 2.09. The molecule has 19 heavy (non-hydrogen) atoms. The summed E-state index contributed by atoms with van der Waals surface area (Å²) in [6.45, 7) is 3.36. The van der Waals surface area contributed by atoms with E-state index in [4.69, 9.17) is 4.74 Å². The molecule has 0 radical (unpaired) electrons. The summed E-state index contributed by atoms with van der Waals surface area (Å²) in [5.41, 5.74) is 1.95. The number of hydrogen-bond acceptors (Lipinski definition) is 4.